The van der Waals surface area contributed by atoms with Crippen molar-refractivity contribution < 1.29 is 9.53 Å². The highest BCUT2D eigenvalue weighted by molar-refractivity contribution is 5.87. The highest BCUT2D eigenvalue weighted by Gasteiger charge is 2.21. The molecule has 3 rings (SSSR count). The smallest absolute Gasteiger partial charge is 0.374 e. The number of cyclic esters (lactones) is 1. The average molecular weight is 228 g/mol. The quantitative estimate of drug-likeness (QED) is 0.701. The van der Waals surface area contributed by atoms with Crippen LogP contribution >= 0.6 is 0 Å². The van der Waals surface area contributed by atoms with E-state index >= 15 is 0 Å². The van der Waals surface area contributed by atoms with E-state index in [0.717, 1.165) is 11.3 Å². The molecule has 1 aliphatic heterocycles. The molecular weight excluding hydrogens is 216 g/mol. The second-order valence-corrected chi connectivity index (χ2v) is 4.15. The number of hydrogen-bond donors (Lipinski definition) is 0. The highest BCUT2D eigenvalue weighted by atomic mass is 16.5. The largest absolute Gasteiger partial charge is 0.458 e. The summed E-state index contributed by atoms with van der Waals surface area (Å²) in [6.45, 7) is 3.15. The van der Waals surface area contributed by atoms with Gasteiger partial charge in [-0.25, -0.2) is 9.78 Å². The normalized spacial score (nSPS) is 14.3. The molecule has 2 heterocycles. The number of imidazole rings is 1. The van der Waals surface area contributed by atoms with E-state index in [-0.39, 0.29) is 5.97 Å². The Morgan fingerprint density at radius 3 is 2.76 bits per heavy atom. The van der Waals surface area contributed by atoms with Crippen molar-refractivity contribution in [3.63, 3.8) is 0 Å². The lowest BCUT2D eigenvalue weighted by atomic mass is 10.1. The zero-order valence-corrected chi connectivity index (χ0v) is 9.51. The Hall–Kier alpha value is -2.10. The van der Waals surface area contributed by atoms with Crippen molar-refractivity contribution in [2.75, 3.05) is 6.61 Å². The number of aryl methyl sites for hydroxylation is 1. The summed E-state index contributed by atoms with van der Waals surface area (Å²) < 4.78 is 6.80. The first-order chi connectivity index (χ1) is 8.24. The van der Waals surface area contributed by atoms with Crippen LogP contribution in [0.5, 0.6) is 0 Å². The summed E-state index contributed by atoms with van der Waals surface area (Å²) >= 11 is 0. The molecule has 1 aliphatic rings. The van der Waals surface area contributed by atoms with E-state index in [9.17, 15) is 4.79 Å². The van der Waals surface area contributed by atoms with E-state index in [0.29, 0.717) is 19.0 Å². The Balaban J connectivity index is 2.05. The van der Waals surface area contributed by atoms with Crippen LogP contribution in [0.1, 0.15) is 16.2 Å². The lowest BCUT2D eigenvalue weighted by Gasteiger charge is -2.12. The van der Waals surface area contributed by atoms with Gasteiger partial charge in [0.25, 0.3) is 0 Å². The van der Waals surface area contributed by atoms with Crippen LogP contribution in [0.2, 0.25) is 0 Å². The van der Waals surface area contributed by atoms with E-state index < -0.39 is 0 Å². The number of carbonyl (C=O) groups excluding carboxylic acids is 1. The maximum Gasteiger partial charge on any atom is 0.374 e. The third-order valence-corrected chi connectivity index (χ3v) is 2.87. The summed E-state index contributed by atoms with van der Waals surface area (Å²) in [5.41, 5.74) is 3.04. The van der Waals surface area contributed by atoms with Crippen molar-refractivity contribution in [1.82, 2.24) is 9.55 Å². The van der Waals surface area contributed by atoms with Gasteiger partial charge in [-0.05, 0) is 6.92 Å². The third-order valence-electron chi connectivity index (χ3n) is 2.87. The van der Waals surface area contributed by atoms with Gasteiger partial charge in [0.15, 0.2) is 0 Å². The molecule has 0 fully saturated rings. The number of benzene rings is 1. The maximum atomic E-state index is 11.5. The fourth-order valence-corrected chi connectivity index (χ4v) is 1.91. The molecule has 2 aromatic rings. The fraction of sp³-hybridized carbons (Fsp3) is 0.231. The number of nitrogens with zero attached hydrogens (tertiary/aromatic N) is 2. The van der Waals surface area contributed by atoms with Crippen LogP contribution in [-0.4, -0.2) is 22.1 Å². The Labute approximate surface area is 98.9 Å². The van der Waals surface area contributed by atoms with Gasteiger partial charge in [0.05, 0.1) is 12.2 Å². The molecule has 1 aromatic carbocycles. The van der Waals surface area contributed by atoms with Gasteiger partial charge in [-0.3, -0.25) is 0 Å². The van der Waals surface area contributed by atoms with Crippen molar-refractivity contribution >= 4 is 5.97 Å². The third kappa shape index (κ3) is 1.71. The van der Waals surface area contributed by atoms with E-state index in [2.05, 4.69) is 4.98 Å². The van der Waals surface area contributed by atoms with E-state index in [4.69, 9.17) is 4.74 Å². The topological polar surface area (TPSA) is 44.1 Å². The van der Waals surface area contributed by atoms with Crippen molar-refractivity contribution in [2.24, 2.45) is 0 Å². The second kappa shape index (κ2) is 3.73. The van der Waals surface area contributed by atoms with Crippen LogP contribution in [0.25, 0.3) is 11.3 Å². The molecule has 0 unspecified atom stereocenters. The average Bonchev–Trinajstić information content (AvgIpc) is 2.75. The maximum absolute atomic E-state index is 11.5. The molecule has 17 heavy (non-hydrogen) atoms. The van der Waals surface area contributed by atoms with Gasteiger partial charge in [-0.1, -0.05) is 29.8 Å². The Bertz CT molecular complexity index is 570. The molecule has 0 radical (unpaired) electrons. The van der Waals surface area contributed by atoms with Gasteiger partial charge >= 0.3 is 5.97 Å². The Morgan fingerprint density at radius 1 is 1.29 bits per heavy atom. The summed E-state index contributed by atoms with van der Waals surface area (Å²) in [7, 11) is 0. The molecule has 4 nitrogen and oxygen atoms in total. The first-order valence-electron chi connectivity index (χ1n) is 5.55. The van der Waals surface area contributed by atoms with Gasteiger partial charge in [-0.2, -0.15) is 0 Å². The number of hydrogen-bond acceptors (Lipinski definition) is 3. The number of fused-ring (bicyclic) bond motifs is 1. The Morgan fingerprint density at radius 2 is 2.06 bits per heavy atom. The van der Waals surface area contributed by atoms with E-state index in [1.807, 2.05) is 42.0 Å². The number of esters is 1. The second-order valence-electron chi connectivity index (χ2n) is 4.15. The Kier molecular flexibility index (Phi) is 2.21. The minimum Gasteiger partial charge on any atom is -0.458 e. The molecular formula is C13H12N2O2. The molecule has 0 saturated heterocycles. The van der Waals surface area contributed by atoms with Crippen molar-refractivity contribution in [1.29, 1.82) is 0 Å². The van der Waals surface area contributed by atoms with Crippen molar-refractivity contribution in [3.05, 3.63) is 41.9 Å². The van der Waals surface area contributed by atoms with Crippen LogP contribution in [0.4, 0.5) is 0 Å². The van der Waals surface area contributed by atoms with E-state index in [1.54, 1.807) is 0 Å². The molecule has 0 spiro atoms. The number of rotatable bonds is 1. The number of aromatic nitrogens is 2. The van der Waals surface area contributed by atoms with Gasteiger partial charge in [0.2, 0.25) is 5.82 Å². The van der Waals surface area contributed by atoms with Crippen molar-refractivity contribution in [3.8, 4) is 11.3 Å². The standard InChI is InChI=1S/C13H12N2O2/c1-9-2-4-10(5-3-9)11-8-15-6-7-17-13(16)12(15)14-11/h2-5,8H,6-7H2,1H3. The van der Waals surface area contributed by atoms with Crippen LogP contribution in [0, 0.1) is 6.92 Å². The molecule has 4 heteroatoms. The summed E-state index contributed by atoms with van der Waals surface area (Å²) in [6, 6.07) is 8.09. The number of ether oxygens (including phenoxy) is 1. The minimum absolute atomic E-state index is 0.338. The predicted octanol–water partition coefficient (Wildman–Crippen LogP) is 2.03. The summed E-state index contributed by atoms with van der Waals surface area (Å²) in [5.74, 6) is 0.0569. The molecule has 1 aromatic heterocycles. The van der Waals surface area contributed by atoms with Crippen LogP contribution in [-0.2, 0) is 11.3 Å². The monoisotopic (exact) mass is 228 g/mol. The van der Waals surface area contributed by atoms with Gasteiger partial charge in [-0.15, -0.1) is 0 Å². The molecule has 0 aliphatic carbocycles. The minimum atomic E-state index is -0.338. The lowest BCUT2D eigenvalue weighted by molar-refractivity contribution is 0.0413. The summed E-state index contributed by atoms with van der Waals surface area (Å²) in [5, 5.41) is 0. The zero-order chi connectivity index (χ0) is 11.8. The van der Waals surface area contributed by atoms with Gasteiger partial charge in [0, 0.05) is 11.8 Å². The van der Waals surface area contributed by atoms with Crippen LogP contribution < -0.4 is 0 Å². The first-order valence-corrected chi connectivity index (χ1v) is 5.55. The fourth-order valence-electron chi connectivity index (χ4n) is 1.91. The predicted molar refractivity (Wildman–Crippen MR) is 62.7 cm³/mol. The van der Waals surface area contributed by atoms with Gasteiger partial charge < -0.3 is 9.30 Å². The lowest BCUT2D eigenvalue weighted by Crippen LogP contribution is -2.22. The molecule has 0 N–H and O–H groups in total. The highest BCUT2D eigenvalue weighted by Crippen LogP contribution is 2.21. The zero-order valence-electron chi connectivity index (χ0n) is 9.51. The van der Waals surface area contributed by atoms with Crippen molar-refractivity contribution in [2.45, 2.75) is 13.5 Å². The molecule has 0 bridgehead atoms. The summed E-state index contributed by atoms with van der Waals surface area (Å²) in [6.07, 6.45) is 1.90. The van der Waals surface area contributed by atoms with Crippen LogP contribution in [0.15, 0.2) is 30.5 Å². The molecule has 0 atom stereocenters. The van der Waals surface area contributed by atoms with Gasteiger partial charge in [0.1, 0.15) is 6.61 Å². The first kappa shape index (κ1) is 10.1. The van der Waals surface area contributed by atoms with Crippen LogP contribution in [0.3, 0.4) is 0 Å². The SMILES string of the molecule is Cc1ccc(-c2cn3c(n2)C(=O)OCC3)cc1. The number of carbonyl (C=O) groups is 1. The molecule has 0 saturated carbocycles. The molecule has 0 amide bonds. The molecule has 86 valence electrons. The van der Waals surface area contributed by atoms with E-state index in [1.165, 1.54) is 5.56 Å². The summed E-state index contributed by atoms with van der Waals surface area (Å²) in [4.78, 5) is 15.8.